The lowest BCUT2D eigenvalue weighted by Crippen LogP contribution is -2.32. The third-order valence-corrected chi connectivity index (χ3v) is 3.80. The van der Waals surface area contributed by atoms with E-state index in [4.69, 9.17) is 5.73 Å². The molecule has 0 radical (unpaired) electrons. The molecule has 0 aliphatic heterocycles. The van der Waals surface area contributed by atoms with Gasteiger partial charge in [-0.1, -0.05) is 25.7 Å². The maximum absolute atomic E-state index is 12.1. The normalized spacial score (nSPS) is 11.9. The summed E-state index contributed by atoms with van der Waals surface area (Å²) >= 11 is 1.43. The number of amides is 1. The Hall–Kier alpha value is -1.31. The number of hydrogen-bond donors (Lipinski definition) is 2. The van der Waals surface area contributed by atoms with Crippen LogP contribution in [0.3, 0.4) is 0 Å². The monoisotopic (exact) mass is 278 g/mol. The highest BCUT2D eigenvalue weighted by Gasteiger charge is 2.14. The zero-order valence-corrected chi connectivity index (χ0v) is 12.9. The van der Waals surface area contributed by atoms with Crippen molar-refractivity contribution >= 4 is 17.2 Å². The number of nitrogens with two attached hydrogens (primary N) is 1. The fraction of sp³-hybridized carbons (Fsp3) is 0.533. The van der Waals surface area contributed by atoms with E-state index in [1.54, 1.807) is 0 Å². The smallest absolute Gasteiger partial charge is 0.261 e. The standard InChI is InChI=1S/C15H22N2OS/c1-10(2)8-12(4)17-15(18)14-9-11(3)13(19-14)6-5-7-16/h9-10,12H,7-8,16H2,1-4H3,(H,17,18). The molecule has 0 saturated heterocycles. The Kier molecular flexibility index (Phi) is 6.07. The molecule has 1 atom stereocenters. The van der Waals surface area contributed by atoms with Crippen molar-refractivity contribution in [3.63, 3.8) is 0 Å². The van der Waals surface area contributed by atoms with E-state index in [0.717, 1.165) is 21.7 Å². The second-order valence-corrected chi connectivity index (χ2v) is 6.18. The zero-order chi connectivity index (χ0) is 14.4. The molecule has 4 heteroatoms. The van der Waals surface area contributed by atoms with Gasteiger partial charge >= 0.3 is 0 Å². The fourth-order valence-electron chi connectivity index (χ4n) is 1.91. The number of aryl methyl sites for hydroxylation is 1. The summed E-state index contributed by atoms with van der Waals surface area (Å²) in [5.41, 5.74) is 6.39. The number of nitrogens with one attached hydrogen (secondary N) is 1. The summed E-state index contributed by atoms with van der Waals surface area (Å²) in [6, 6.07) is 2.08. The van der Waals surface area contributed by atoms with Gasteiger partial charge in [0.05, 0.1) is 16.3 Å². The number of hydrogen-bond acceptors (Lipinski definition) is 3. The van der Waals surface area contributed by atoms with E-state index in [-0.39, 0.29) is 11.9 Å². The van der Waals surface area contributed by atoms with Crippen LogP contribution in [0.2, 0.25) is 0 Å². The molecule has 0 spiro atoms. The lowest BCUT2D eigenvalue weighted by atomic mass is 10.1. The summed E-state index contributed by atoms with van der Waals surface area (Å²) in [6.45, 7) is 8.64. The lowest BCUT2D eigenvalue weighted by molar-refractivity contribution is 0.0940. The number of rotatable bonds is 4. The molecule has 1 unspecified atom stereocenters. The summed E-state index contributed by atoms with van der Waals surface area (Å²) in [6.07, 6.45) is 0.982. The van der Waals surface area contributed by atoms with Gasteiger partial charge in [0.15, 0.2) is 0 Å². The van der Waals surface area contributed by atoms with Crippen LogP contribution in [-0.2, 0) is 0 Å². The maximum atomic E-state index is 12.1. The lowest BCUT2D eigenvalue weighted by Gasteiger charge is -2.15. The van der Waals surface area contributed by atoms with Gasteiger partial charge in [0, 0.05) is 6.04 Å². The minimum absolute atomic E-state index is 0.0120. The predicted molar refractivity (Wildman–Crippen MR) is 81.4 cm³/mol. The van der Waals surface area contributed by atoms with Gasteiger partial charge in [-0.25, -0.2) is 0 Å². The van der Waals surface area contributed by atoms with Crippen LogP contribution >= 0.6 is 11.3 Å². The van der Waals surface area contributed by atoms with Crippen LogP contribution in [0, 0.1) is 24.7 Å². The van der Waals surface area contributed by atoms with Crippen LogP contribution in [0.4, 0.5) is 0 Å². The van der Waals surface area contributed by atoms with Gasteiger partial charge in [-0.05, 0) is 37.8 Å². The van der Waals surface area contributed by atoms with Crippen LogP contribution in [0.15, 0.2) is 6.07 Å². The molecule has 1 aromatic rings. The van der Waals surface area contributed by atoms with E-state index in [9.17, 15) is 4.79 Å². The van der Waals surface area contributed by atoms with Gasteiger partial charge in [0.1, 0.15) is 0 Å². The average Bonchev–Trinajstić information content (AvgIpc) is 2.67. The van der Waals surface area contributed by atoms with Crippen molar-refractivity contribution in [2.24, 2.45) is 11.7 Å². The van der Waals surface area contributed by atoms with Crippen molar-refractivity contribution in [1.29, 1.82) is 0 Å². The van der Waals surface area contributed by atoms with Crippen LogP contribution in [-0.4, -0.2) is 18.5 Å². The molecule has 0 aromatic carbocycles. The molecule has 1 rings (SSSR count). The second kappa shape index (κ2) is 7.32. The Bertz CT molecular complexity index is 494. The van der Waals surface area contributed by atoms with Crippen molar-refractivity contribution in [2.75, 3.05) is 6.54 Å². The van der Waals surface area contributed by atoms with Crippen molar-refractivity contribution in [3.8, 4) is 11.8 Å². The molecule has 0 aliphatic carbocycles. The predicted octanol–water partition coefficient (Wildman–Crippen LogP) is 2.53. The van der Waals surface area contributed by atoms with E-state index in [0.29, 0.717) is 12.5 Å². The molecule has 3 nitrogen and oxygen atoms in total. The van der Waals surface area contributed by atoms with Gasteiger partial charge in [0.2, 0.25) is 0 Å². The molecule has 19 heavy (non-hydrogen) atoms. The van der Waals surface area contributed by atoms with Gasteiger partial charge in [-0.2, -0.15) is 0 Å². The summed E-state index contributed by atoms with van der Waals surface area (Å²) in [7, 11) is 0. The van der Waals surface area contributed by atoms with E-state index in [2.05, 4.69) is 31.0 Å². The van der Waals surface area contributed by atoms with Crippen molar-refractivity contribution in [1.82, 2.24) is 5.32 Å². The molecule has 0 saturated carbocycles. The summed E-state index contributed by atoms with van der Waals surface area (Å²) < 4.78 is 0. The Morgan fingerprint density at radius 3 is 2.74 bits per heavy atom. The van der Waals surface area contributed by atoms with E-state index in [1.165, 1.54) is 11.3 Å². The highest BCUT2D eigenvalue weighted by molar-refractivity contribution is 7.14. The summed E-state index contributed by atoms with van der Waals surface area (Å²) in [4.78, 5) is 13.7. The van der Waals surface area contributed by atoms with Crippen molar-refractivity contribution in [3.05, 3.63) is 21.4 Å². The Morgan fingerprint density at radius 1 is 1.47 bits per heavy atom. The number of thiophene rings is 1. The van der Waals surface area contributed by atoms with E-state index >= 15 is 0 Å². The first kappa shape index (κ1) is 15.7. The van der Waals surface area contributed by atoms with Crippen LogP contribution in [0.1, 0.15) is 47.3 Å². The highest BCUT2D eigenvalue weighted by Crippen LogP contribution is 2.21. The molecule has 104 valence electrons. The first-order chi connectivity index (χ1) is 8.93. The molecular formula is C15H22N2OS. The van der Waals surface area contributed by atoms with E-state index in [1.807, 2.05) is 19.9 Å². The molecule has 3 N–H and O–H groups in total. The second-order valence-electron chi connectivity index (χ2n) is 5.13. The van der Waals surface area contributed by atoms with Crippen molar-refractivity contribution in [2.45, 2.75) is 40.2 Å². The first-order valence-corrected chi connectivity index (χ1v) is 7.36. The van der Waals surface area contributed by atoms with E-state index < -0.39 is 0 Å². The molecule has 1 heterocycles. The Morgan fingerprint density at radius 2 is 2.16 bits per heavy atom. The minimum Gasteiger partial charge on any atom is -0.349 e. The third kappa shape index (κ3) is 5.06. The van der Waals surface area contributed by atoms with Crippen LogP contribution in [0.25, 0.3) is 0 Å². The van der Waals surface area contributed by atoms with Gasteiger partial charge in [-0.3, -0.25) is 4.79 Å². The molecule has 1 amide bonds. The third-order valence-electron chi connectivity index (χ3n) is 2.65. The van der Waals surface area contributed by atoms with Crippen molar-refractivity contribution < 1.29 is 4.79 Å². The molecular weight excluding hydrogens is 256 g/mol. The number of carbonyl (C=O) groups excluding carboxylic acids is 1. The van der Waals surface area contributed by atoms with Crippen LogP contribution < -0.4 is 11.1 Å². The average molecular weight is 278 g/mol. The highest BCUT2D eigenvalue weighted by atomic mass is 32.1. The molecule has 0 bridgehead atoms. The molecule has 0 aliphatic rings. The minimum atomic E-state index is -0.0120. The quantitative estimate of drug-likeness (QED) is 0.832. The molecule has 1 aromatic heterocycles. The fourth-order valence-corrected chi connectivity index (χ4v) is 2.86. The molecule has 0 fully saturated rings. The zero-order valence-electron chi connectivity index (χ0n) is 12.0. The first-order valence-electron chi connectivity index (χ1n) is 6.54. The number of carbonyl (C=O) groups is 1. The van der Waals surface area contributed by atoms with Crippen LogP contribution in [0.5, 0.6) is 0 Å². The summed E-state index contributed by atoms with van der Waals surface area (Å²) in [5, 5.41) is 3.02. The topological polar surface area (TPSA) is 55.1 Å². The van der Waals surface area contributed by atoms with Gasteiger partial charge in [0.25, 0.3) is 5.91 Å². The van der Waals surface area contributed by atoms with Gasteiger partial charge < -0.3 is 11.1 Å². The van der Waals surface area contributed by atoms with Gasteiger partial charge in [-0.15, -0.1) is 11.3 Å². The maximum Gasteiger partial charge on any atom is 0.261 e. The largest absolute Gasteiger partial charge is 0.349 e. The SMILES string of the molecule is Cc1cc(C(=O)NC(C)CC(C)C)sc1C#CCN. The summed E-state index contributed by atoms with van der Waals surface area (Å²) in [5.74, 6) is 6.38. The Balaban J connectivity index is 2.72. The Labute approximate surface area is 119 Å².